The second kappa shape index (κ2) is 8.48. The van der Waals surface area contributed by atoms with Crippen LogP contribution in [0, 0.1) is 0 Å². The van der Waals surface area contributed by atoms with Crippen molar-refractivity contribution in [3.8, 4) is 0 Å². The Hall–Kier alpha value is -0.600. The first-order valence-electron chi connectivity index (χ1n) is 8.14. The molecule has 0 aliphatic carbocycles. The first-order valence-corrected chi connectivity index (χ1v) is 10.2. The molecule has 1 aromatic rings. The van der Waals surface area contributed by atoms with E-state index in [1.54, 1.807) is 11.3 Å². The lowest BCUT2D eigenvalue weighted by Gasteiger charge is -2.37. The van der Waals surface area contributed by atoms with Crippen molar-refractivity contribution in [1.29, 1.82) is 0 Å². The van der Waals surface area contributed by atoms with E-state index in [1.165, 1.54) is 0 Å². The van der Waals surface area contributed by atoms with Crippen molar-refractivity contribution < 1.29 is 14.6 Å². The Labute approximate surface area is 145 Å². The molecule has 0 radical (unpaired) electrons. The number of carbonyl (C=O) groups is 1. The number of ether oxygens (including phenoxy) is 1. The van der Waals surface area contributed by atoms with Crippen LogP contribution in [0.4, 0.5) is 0 Å². The van der Waals surface area contributed by atoms with Crippen LogP contribution in [0.2, 0.25) is 0 Å². The molecule has 128 valence electrons. The van der Waals surface area contributed by atoms with Crippen LogP contribution in [0.5, 0.6) is 0 Å². The van der Waals surface area contributed by atoms with Gasteiger partial charge in [-0.1, -0.05) is 6.07 Å². The highest BCUT2D eigenvalue weighted by Gasteiger charge is 2.31. The largest absolute Gasteiger partial charge is 0.387 e. The van der Waals surface area contributed by atoms with E-state index in [-0.39, 0.29) is 18.0 Å². The number of amides is 1. The molecule has 2 aliphatic rings. The number of aliphatic hydroxyl groups is 1. The van der Waals surface area contributed by atoms with Crippen LogP contribution >= 0.6 is 23.1 Å². The summed E-state index contributed by atoms with van der Waals surface area (Å²) in [6.07, 6.45) is 0.554. The van der Waals surface area contributed by atoms with Gasteiger partial charge in [0.1, 0.15) is 0 Å². The topological polar surface area (TPSA) is 61.8 Å². The van der Waals surface area contributed by atoms with Crippen molar-refractivity contribution in [3.63, 3.8) is 0 Å². The smallest absolute Gasteiger partial charge is 0.224 e. The van der Waals surface area contributed by atoms with Crippen molar-refractivity contribution in [3.05, 3.63) is 22.4 Å². The molecule has 3 rings (SSSR count). The minimum Gasteiger partial charge on any atom is -0.387 e. The van der Waals surface area contributed by atoms with Gasteiger partial charge in [0.25, 0.3) is 0 Å². The Morgan fingerprint density at radius 3 is 3.22 bits per heavy atom. The number of nitrogens with one attached hydrogen (secondary N) is 1. The summed E-state index contributed by atoms with van der Waals surface area (Å²) in [7, 11) is 0. The van der Waals surface area contributed by atoms with Crippen LogP contribution in [0.15, 0.2) is 17.5 Å². The highest BCUT2D eigenvalue weighted by Crippen LogP contribution is 2.26. The van der Waals surface area contributed by atoms with Gasteiger partial charge in [0.05, 0.1) is 25.4 Å². The average molecular weight is 357 g/mol. The Morgan fingerprint density at radius 1 is 1.57 bits per heavy atom. The number of hydrogen-bond acceptors (Lipinski definition) is 6. The molecular formula is C16H24N2O3S2. The number of thiophene rings is 1. The lowest BCUT2D eigenvalue weighted by atomic mass is 10.0. The normalized spacial score (nSPS) is 26.9. The second-order valence-electron chi connectivity index (χ2n) is 6.01. The zero-order valence-electron chi connectivity index (χ0n) is 13.1. The van der Waals surface area contributed by atoms with Gasteiger partial charge in [-0.05, 0) is 11.4 Å². The van der Waals surface area contributed by atoms with Crippen molar-refractivity contribution in [2.75, 3.05) is 37.8 Å². The SMILES string of the molecule is O=C(CC1CSCCN1)N1CCOCC1CC(O)c1cccs1. The Morgan fingerprint density at radius 2 is 2.48 bits per heavy atom. The molecule has 3 atom stereocenters. The first kappa shape index (κ1) is 17.2. The summed E-state index contributed by atoms with van der Waals surface area (Å²) in [4.78, 5) is 15.6. The molecule has 0 aromatic carbocycles. The highest BCUT2D eigenvalue weighted by atomic mass is 32.2. The third-order valence-corrected chi connectivity index (χ3v) is 6.44. The lowest BCUT2D eigenvalue weighted by Crippen LogP contribution is -2.51. The van der Waals surface area contributed by atoms with Gasteiger partial charge < -0.3 is 20.1 Å². The van der Waals surface area contributed by atoms with Crippen LogP contribution in [0.25, 0.3) is 0 Å². The van der Waals surface area contributed by atoms with E-state index < -0.39 is 6.10 Å². The summed E-state index contributed by atoms with van der Waals surface area (Å²) in [6, 6.07) is 4.11. The summed E-state index contributed by atoms with van der Waals surface area (Å²) in [5, 5.41) is 15.8. The molecular weight excluding hydrogens is 332 g/mol. The zero-order chi connectivity index (χ0) is 16.1. The summed E-state index contributed by atoms with van der Waals surface area (Å²) in [5.41, 5.74) is 0. The number of thioether (sulfide) groups is 1. The molecule has 23 heavy (non-hydrogen) atoms. The minimum atomic E-state index is -0.527. The Kier molecular flexibility index (Phi) is 6.36. The lowest BCUT2D eigenvalue weighted by molar-refractivity contribution is -0.141. The van der Waals surface area contributed by atoms with E-state index >= 15 is 0 Å². The van der Waals surface area contributed by atoms with Gasteiger partial charge >= 0.3 is 0 Å². The van der Waals surface area contributed by atoms with E-state index in [0.29, 0.717) is 32.6 Å². The first-order chi connectivity index (χ1) is 11.2. The molecule has 3 unspecified atom stereocenters. The second-order valence-corrected chi connectivity index (χ2v) is 8.14. The summed E-state index contributed by atoms with van der Waals surface area (Å²) in [5.74, 6) is 2.30. The Bertz CT molecular complexity index is 492. The summed E-state index contributed by atoms with van der Waals surface area (Å²) >= 11 is 3.46. The molecule has 5 nitrogen and oxygen atoms in total. The maximum Gasteiger partial charge on any atom is 0.224 e. The monoisotopic (exact) mass is 356 g/mol. The number of nitrogens with zero attached hydrogens (tertiary/aromatic N) is 1. The van der Waals surface area contributed by atoms with Gasteiger partial charge in [0.2, 0.25) is 5.91 Å². The number of aliphatic hydroxyl groups excluding tert-OH is 1. The van der Waals surface area contributed by atoms with Gasteiger partial charge in [-0.15, -0.1) is 11.3 Å². The van der Waals surface area contributed by atoms with E-state index in [9.17, 15) is 9.90 Å². The molecule has 2 saturated heterocycles. The predicted octanol–water partition coefficient (Wildman–Crippen LogP) is 1.49. The number of rotatable bonds is 5. The fourth-order valence-corrected chi connectivity index (χ4v) is 4.79. The highest BCUT2D eigenvalue weighted by molar-refractivity contribution is 7.99. The number of morpholine rings is 1. The van der Waals surface area contributed by atoms with E-state index in [0.717, 1.165) is 22.9 Å². The van der Waals surface area contributed by atoms with E-state index in [4.69, 9.17) is 4.74 Å². The van der Waals surface area contributed by atoms with Crippen molar-refractivity contribution in [2.45, 2.75) is 31.0 Å². The van der Waals surface area contributed by atoms with Crippen LogP contribution in [0.3, 0.4) is 0 Å². The molecule has 2 fully saturated rings. The molecule has 0 spiro atoms. The molecule has 2 N–H and O–H groups in total. The van der Waals surface area contributed by atoms with Gasteiger partial charge in [-0.3, -0.25) is 4.79 Å². The summed E-state index contributed by atoms with van der Waals surface area (Å²) in [6.45, 7) is 2.71. The minimum absolute atomic E-state index is 0.0374. The third-order valence-electron chi connectivity index (χ3n) is 4.33. The molecule has 1 aromatic heterocycles. The number of carbonyl (C=O) groups excluding carboxylic acids is 1. The molecule has 0 saturated carbocycles. The van der Waals surface area contributed by atoms with Crippen molar-refractivity contribution >= 4 is 29.0 Å². The average Bonchev–Trinajstić information content (AvgIpc) is 3.11. The maximum atomic E-state index is 12.7. The van der Waals surface area contributed by atoms with Gasteiger partial charge in [-0.25, -0.2) is 0 Å². The standard InChI is InChI=1S/C16H24N2O3S2/c19-14(15-2-1-6-23-15)9-13-10-21-5-4-18(13)16(20)8-12-11-22-7-3-17-12/h1-2,6,12-14,17,19H,3-5,7-11H2. The molecule has 3 heterocycles. The van der Waals surface area contributed by atoms with Gasteiger partial charge in [-0.2, -0.15) is 11.8 Å². The van der Waals surface area contributed by atoms with Crippen LogP contribution in [0.1, 0.15) is 23.8 Å². The Balaban J connectivity index is 1.57. The zero-order valence-corrected chi connectivity index (χ0v) is 14.8. The van der Waals surface area contributed by atoms with Crippen molar-refractivity contribution in [1.82, 2.24) is 10.2 Å². The van der Waals surface area contributed by atoms with E-state index in [2.05, 4.69) is 5.32 Å². The fraction of sp³-hybridized carbons (Fsp3) is 0.688. The molecule has 1 amide bonds. The number of hydrogen-bond donors (Lipinski definition) is 2. The third kappa shape index (κ3) is 4.70. The predicted molar refractivity (Wildman–Crippen MR) is 93.9 cm³/mol. The fourth-order valence-electron chi connectivity index (χ4n) is 3.11. The quantitative estimate of drug-likeness (QED) is 0.837. The maximum absolute atomic E-state index is 12.7. The van der Waals surface area contributed by atoms with Crippen molar-refractivity contribution in [2.24, 2.45) is 0 Å². The van der Waals surface area contributed by atoms with Crippen LogP contribution in [-0.4, -0.2) is 65.8 Å². The van der Waals surface area contributed by atoms with Crippen LogP contribution in [-0.2, 0) is 9.53 Å². The summed E-state index contributed by atoms with van der Waals surface area (Å²) < 4.78 is 5.55. The molecule has 2 aliphatic heterocycles. The van der Waals surface area contributed by atoms with Crippen LogP contribution < -0.4 is 5.32 Å². The van der Waals surface area contributed by atoms with Gasteiger partial charge in [0.15, 0.2) is 0 Å². The van der Waals surface area contributed by atoms with E-state index in [1.807, 2.05) is 34.2 Å². The van der Waals surface area contributed by atoms with Gasteiger partial charge in [0, 0.05) is 48.4 Å². The molecule has 0 bridgehead atoms. The molecule has 7 heteroatoms.